The van der Waals surface area contributed by atoms with Gasteiger partial charge in [0.25, 0.3) is 0 Å². The van der Waals surface area contributed by atoms with Crippen LogP contribution in [0.3, 0.4) is 0 Å². The number of rotatable bonds is 5. The van der Waals surface area contributed by atoms with Gasteiger partial charge in [-0.1, -0.05) is 25.7 Å². The lowest BCUT2D eigenvalue weighted by molar-refractivity contribution is 0.0475. The van der Waals surface area contributed by atoms with Gasteiger partial charge in [0.2, 0.25) is 0 Å². The molecule has 0 radical (unpaired) electrons. The molecule has 2 aliphatic carbocycles. The molecule has 2 fully saturated rings. The molecule has 4 heteroatoms. The van der Waals surface area contributed by atoms with Crippen molar-refractivity contribution in [2.45, 2.75) is 69.4 Å². The summed E-state index contributed by atoms with van der Waals surface area (Å²) >= 11 is 1.86. The monoisotopic (exact) mass is 280 g/mol. The van der Waals surface area contributed by atoms with Crippen molar-refractivity contribution in [3.8, 4) is 0 Å². The molecule has 19 heavy (non-hydrogen) atoms. The molecule has 0 aliphatic heterocycles. The van der Waals surface area contributed by atoms with Gasteiger partial charge in [-0.15, -0.1) is 11.3 Å². The van der Waals surface area contributed by atoms with Gasteiger partial charge < -0.3 is 10.4 Å². The van der Waals surface area contributed by atoms with Crippen molar-refractivity contribution < 1.29 is 5.11 Å². The van der Waals surface area contributed by atoms with E-state index in [1.807, 2.05) is 17.5 Å². The molecule has 2 aliphatic rings. The zero-order chi connectivity index (χ0) is 13.1. The fourth-order valence-corrected chi connectivity index (χ4v) is 4.45. The molecule has 1 heterocycles. The second-order valence-electron chi connectivity index (χ2n) is 6.18. The summed E-state index contributed by atoms with van der Waals surface area (Å²) < 4.78 is 0. The van der Waals surface area contributed by atoms with Crippen molar-refractivity contribution in [3.63, 3.8) is 0 Å². The molecule has 2 N–H and O–H groups in total. The molecule has 1 aromatic rings. The van der Waals surface area contributed by atoms with Crippen molar-refractivity contribution in [2.75, 3.05) is 6.54 Å². The van der Waals surface area contributed by atoms with Gasteiger partial charge >= 0.3 is 0 Å². The molecule has 1 aromatic heterocycles. The zero-order valence-electron chi connectivity index (χ0n) is 11.5. The van der Waals surface area contributed by atoms with E-state index in [1.54, 1.807) is 0 Å². The van der Waals surface area contributed by atoms with Crippen molar-refractivity contribution in [3.05, 3.63) is 16.1 Å². The zero-order valence-corrected chi connectivity index (χ0v) is 12.3. The first-order valence-electron chi connectivity index (χ1n) is 7.63. The minimum Gasteiger partial charge on any atom is -0.389 e. The number of aromatic nitrogens is 1. The molecule has 0 spiro atoms. The molecule has 3 rings (SSSR count). The number of hydrogen-bond acceptors (Lipinski definition) is 4. The van der Waals surface area contributed by atoms with Crippen LogP contribution in [0, 0.1) is 0 Å². The fraction of sp³-hybridized carbons (Fsp3) is 0.800. The average molecular weight is 280 g/mol. The van der Waals surface area contributed by atoms with Crippen LogP contribution in [0.4, 0.5) is 0 Å². The topological polar surface area (TPSA) is 45.1 Å². The maximum absolute atomic E-state index is 10.3. The molecule has 0 bridgehead atoms. The van der Waals surface area contributed by atoms with Gasteiger partial charge in [-0.2, -0.15) is 0 Å². The maximum atomic E-state index is 10.3. The van der Waals surface area contributed by atoms with E-state index < -0.39 is 5.60 Å². The molecule has 0 atom stereocenters. The van der Waals surface area contributed by atoms with Gasteiger partial charge in [0.05, 0.1) is 10.6 Å². The summed E-state index contributed by atoms with van der Waals surface area (Å²) in [6, 6.07) is 0. The Morgan fingerprint density at radius 3 is 2.74 bits per heavy atom. The van der Waals surface area contributed by atoms with Crippen LogP contribution >= 0.6 is 11.3 Å². The van der Waals surface area contributed by atoms with E-state index in [9.17, 15) is 5.11 Å². The predicted octanol–water partition coefficient (Wildman–Crippen LogP) is 3.20. The third-order valence-electron chi connectivity index (χ3n) is 4.56. The lowest BCUT2D eigenvalue weighted by Gasteiger charge is -2.22. The second-order valence-corrected chi connectivity index (χ2v) is 7.33. The molecule has 0 aromatic carbocycles. The Hall–Kier alpha value is -0.450. The summed E-state index contributed by atoms with van der Waals surface area (Å²) in [6.07, 6.45) is 11.6. The lowest BCUT2D eigenvalue weighted by Crippen LogP contribution is -2.37. The lowest BCUT2D eigenvalue weighted by atomic mass is 10.0. The molecule has 0 saturated heterocycles. The van der Waals surface area contributed by atoms with E-state index in [-0.39, 0.29) is 0 Å². The first-order valence-corrected chi connectivity index (χ1v) is 8.45. The highest BCUT2D eigenvalue weighted by molar-refractivity contribution is 7.11. The highest BCUT2D eigenvalue weighted by Crippen LogP contribution is 2.36. The first kappa shape index (κ1) is 13.5. The summed E-state index contributed by atoms with van der Waals surface area (Å²) in [4.78, 5) is 5.89. The molecule has 0 unspecified atom stereocenters. The Bertz CT molecular complexity index is 406. The summed E-state index contributed by atoms with van der Waals surface area (Å²) in [5.74, 6) is 0.720. The van der Waals surface area contributed by atoms with Crippen LogP contribution in [-0.4, -0.2) is 22.2 Å². The Labute approximate surface area is 119 Å². The van der Waals surface area contributed by atoms with Gasteiger partial charge in [0, 0.05) is 30.1 Å². The standard InChI is InChI=1S/C15H24N2OS/c18-15(7-3-4-8-15)11-16-9-13-10-17-14(19-13)12-5-1-2-6-12/h10,12,16,18H,1-9,11H2. The molecular formula is C15H24N2OS. The van der Waals surface area contributed by atoms with E-state index in [0.717, 1.165) is 31.8 Å². The van der Waals surface area contributed by atoms with Crippen molar-refractivity contribution in [1.29, 1.82) is 0 Å². The third-order valence-corrected chi connectivity index (χ3v) is 5.72. The molecule has 3 nitrogen and oxygen atoms in total. The quantitative estimate of drug-likeness (QED) is 0.870. The van der Waals surface area contributed by atoms with Gasteiger partial charge in [-0.05, 0) is 25.7 Å². The van der Waals surface area contributed by atoms with Crippen LogP contribution in [0.1, 0.15) is 67.2 Å². The SMILES string of the molecule is OC1(CNCc2cnc(C3CCCC3)s2)CCCC1. The van der Waals surface area contributed by atoms with E-state index in [1.165, 1.54) is 48.4 Å². The van der Waals surface area contributed by atoms with Crippen molar-refractivity contribution >= 4 is 11.3 Å². The van der Waals surface area contributed by atoms with E-state index in [4.69, 9.17) is 0 Å². The van der Waals surface area contributed by atoms with Crippen LogP contribution in [0.2, 0.25) is 0 Å². The fourth-order valence-electron chi connectivity index (χ4n) is 3.39. The van der Waals surface area contributed by atoms with Gasteiger partial charge in [0.15, 0.2) is 0 Å². The van der Waals surface area contributed by atoms with Gasteiger partial charge in [-0.3, -0.25) is 0 Å². The minimum absolute atomic E-state index is 0.445. The average Bonchev–Trinajstić information content (AvgIpc) is 3.08. The summed E-state index contributed by atoms with van der Waals surface area (Å²) in [5, 5.41) is 15.0. The Morgan fingerprint density at radius 2 is 2.00 bits per heavy atom. The highest BCUT2D eigenvalue weighted by Gasteiger charge is 2.30. The largest absolute Gasteiger partial charge is 0.389 e. The third kappa shape index (κ3) is 3.36. The molecular weight excluding hydrogens is 256 g/mol. The van der Waals surface area contributed by atoms with E-state index in [2.05, 4.69) is 10.3 Å². The number of thiazole rings is 1. The first-order chi connectivity index (χ1) is 9.25. The summed E-state index contributed by atoms with van der Waals surface area (Å²) in [6.45, 7) is 1.58. The maximum Gasteiger partial charge on any atom is 0.0959 e. The van der Waals surface area contributed by atoms with E-state index >= 15 is 0 Å². The Morgan fingerprint density at radius 1 is 1.26 bits per heavy atom. The van der Waals surface area contributed by atoms with Crippen LogP contribution in [0.5, 0.6) is 0 Å². The van der Waals surface area contributed by atoms with E-state index in [0.29, 0.717) is 0 Å². The number of hydrogen-bond donors (Lipinski definition) is 2. The minimum atomic E-state index is -0.445. The smallest absolute Gasteiger partial charge is 0.0959 e. The van der Waals surface area contributed by atoms with Crippen molar-refractivity contribution in [2.24, 2.45) is 0 Å². The predicted molar refractivity (Wildman–Crippen MR) is 78.4 cm³/mol. The molecule has 0 amide bonds. The number of aliphatic hydroxyl groups is 1. The van der Waals surface area contributed by atoms with Crippen molar-refractivity contribution in [1.82, 2.24) is 10.3 Å². The van der Waals surface area contributed by atoms with Crippen LogP contribution in [0.25, 0.3) is 0 Å². The van der Waals surface area contributed by atoms with Gasteiger partial charge in [-0.25, -0.2) is 4.98 Å². The normalized spacial score (nSPS) is 23.2. The van der Waals surface area contributed by atoms with Crippen LogP contribution in [-0.2, 0) is 6.54 Å². The Kier molecular flexibility index (Phi) is 4.20. The highest BCUT2D eigenvalue weighted by atomic mass is 32.1. The van der Waals surface area contributed by atoms with Crippen LogP contribution < -0.4 is 5.32 Å². The second kappa shape index (κ2) is 5.90. The summed E-state index contributed by atoms with van der Waals surface area (Å²) in [5.41, 5.74) is -0.445. The van der Waals surface area contributed by atoms with Gasteiger partial charge in [0.1, 0.15) is 0 Å². The number of nitrogens with one attached hydrogen (secondary N) is 1. The molecule has 2 saturated carbocycles. The molecule has 106 valence electrons. The number of nitrogens with zero attached hydrogens (tertiary/aromatic N) is 1. The van der Waals surface area contributed by atoms with Crippen LogP contribution in [0.15, 0.2) is 6.20 Å². The Balaban J connectivity index is 1.47. The summed E-state index contributed by atoms with van der Waals surface area (Å²) in [7, 11) is 0.